The Balaban J connectivity index is 1.52. The number of ether oxygens (including phenoxy) is 1. The second kappa shape index (κ2) is 9.21. The Hall–Kier alpha value is -3.38. The van der Waals surface area contributed by atoms with Gasteiger partial charge in [0.05, 0.1) is 12.8 Å². The second-order valence-corrected chi connectivity index (χ2v) is 7.53. The molecule has 0 N–H and O–H groups in total. The molecule has 6 heteroatoms. The van der Waals surface area contributed by atoms with Gasteiger partial charge in [0.15, 0.2) is 0 Å². The van der Waals surface area contributed by atoms with Crippen molar-refractivity contribution in [2.45, 2.75) is 19.7 Å². The molecule has 5 nitrogen and oxygen atoms in total. The molecule has 0 unspecified atom stereocenters. The molecule has 3 heterocycles. The topological polar surface area (TPSA) is 55.6 Å². The van der Waals surface area contributed by atoms with Gasteiger partial charge in [0.2, 0.25) is 0 Å². The number of hydrogen-bond donors (Lipinski definition) is 0. The van der Waals surface area contributed by atoms with Gasteiger partial charge in [-0.1, -0.05) is 18.2 Å². The van der Waals surface area contributed by atoms with Crippen molar-refractivity contribution in [2.24, 2.45) is 0 Å². The largest absolute Gasteiger partial charge is 0.488 e. The lowest BCUT2D eigenvalue weighted by atomic mass is 10.1. The van der Waals surface area contributed by atoms with E-state index in [2.05, 4.69) is 4.98 Å². The molecule has 0 spiro atoms. The number of nitrogens with zero attached hydrogens (tertiary/aromatic N) is 2. The Labute approximate surface area is 173 Å². The van der Waals surface area contributed by atoms with E-state index in [0.29, 0.717) is 31.0 Å². The van der Waals surface area contributed by atoms with Crippen LogP contribution < -0.4 is 4.74 Å². The van der Waals surface area contributed by atoms with Gasteiger partial charge in [-0.2, -0.15) is 0 Å². The van der Waals surface area contributed by atoms with E-state index in [0.717, 1.165) is 16.2 Å². The molecular formula is C23H20N2O3S. The highest BCUT2D eigenvalue weighted by Crippen LogP contribution is 2.20. The van der Waals surface area contributed by atoms with Crippen molar-refractivity contribution in [3.05, 3.63) is 106 Å². The van der Waals surface area contributed by atoms with Crippen LogP contribution in [0.2, 0.25) is 0 Å². The molecule has 0 saturated heterocycles. The quantitative estimate of drug-likeness (QED) is 0.407. The standard InChI is InChI=1S/C23H20N2O3S/c26-23(19-6-1-7-20(13-19)28-17-22-9-4-12-29-22)25(16-21-8-3-11-27-21)15-18-5-2-10-24-14-18/h1-14H,15-17H2. The van der Waals surface area contributed by atoms with E-state index in [4.69, 9.17) is 9.15 Å². The summed E-state index contributed by atoms with van der Waals surface area (Å²) in [5.74, 6) is 1.31. The predicted molar refractivity (Wildman–Crippen MR) is 112 cm³/mol. The highest BCUT2D eigenvalue weighted by molar-refractivity contribution is 7.09. The van der Waals surface area contributed by atoms with Crippen LogP contribution in [-0.2, 0) is 19.7 Å². The van der Waals surface area contributed by atoms with Crippen LogP contribution in [0.3, 0.4) is 0 Å². The number of aromatic nitrogens is 1. The summed E-state index contributed by atoms with van der Waals surface area (Å²) in [7, 11) is 0. The zero-order chi connectivity index (χ0) is 19.9. The Bertz CT molecular complexity index is 1030. The van der Waals surface area contributed by atoms with E-state index in [1.807, 2.05) is 53.9 Å². The third-order valence-corrected chi connectivity index (χ3v) is 5.20. The molecule has 0 aliphatic rings. The SMILES string of the molecule is O=C(c1cccc(OCc2cccs2)c1)N(Cc1cccnc1)Cc1ccco1. The zero-order valence-corrected chi connectivity index (χ0v) is 16.5. The first kappa shape index (κ1) is 19.0. The summed E-state index contributed by atoms with van der Waals surface area (Å²) in [6.07, 6.45) is 5.10. The Morgan fingerprint density at radius 3 is 2.79 bits per heavy atom. The predicted octanol–water partition coefficient (Wildman–Crippen LogP) is 5.16. The lowest BCUT2D eigenvalue weighted by Crippen LogP contribution is -2.30. The molecular weight excluding hydrogens is 384 g/mol. The summed E-state index contributed by atoms with van der Waals surface area (Å²) in [6.45, 7) is 1.30. The average Bonchev–Trinajstić information content (AvgIpc) is 3.46. The Morgan fingerprint density at radius 2 is 2.03 bits per heavy atom. The molecule has 0 aliphatic heterocycles. The smallest absolute Gasteiger partial charge is 0.254 e. The van der Waals surface area contributed by atoms with Gasteiger partial charge in [0.1, 0.15) is 18.1 Å². The molecule has 0 radical (unpaired) electrons. The van der Waals surface area contributed by atoms with Crippen LogP contribution in [0.25, 0.3) is 0 Å². The van der Waals surface area contributed by atoms with Gasteiger partial charge in [-0.25, -0.2) is 0 Å². The number of thiophene rings is 1. The fourth-order valence-electron chi connectivity index (χ4n) is 2.95. The van der Waals surface area contributed by atoms with Crippen LogP contribution in [-0.4, -0.2) is 15.8 Å². The number of benzene rings is 1. The average molecular weight is 404 g/mol. The number of amides is 1. The first-order chi connectivity index (χ1) is 14.3. The van der Waals surface area contributed by atoms with Crippen LogP contribution in [0.1, 0.15) is 26.6 Å². The maximum absolute atomic E-state index is 13.3. The fraction of sp³-hybridized carbons (Fsp3) is 0.130. The third kappa shape index (κ3) is 5.12. The molecule has 3 aromatic heterocycles. The molecule has 1 aromatic carbocycles. The van der Waals surface area contributed by atoms with Crippen molar-refractivity contribution in [3.63, 3.8) is 0 Å². The van der Waals surface area contributed by atoms with Gasteiger partial charge in [0.25, 0.3) is 5.91 Å². The van der Waals surface area contributed by atoms with Crippen molar-refractivity contribution in [2.75, 3.05) is 0 Å². The third-order valence-electron chi connectivity index (χ3n) is 4.35. The van der Waals surface area contributed by atoms with E-state index in [9.17, 15) is 4.79 Å². The number of hydrogen-bond acceptors (Lipinski definition) is 5. The number of pyridine rings is 1. The maximum atomic E-state index is 13.3. The monoisotopic (exact) mass is 404 g/mol. The second-order valence-electron chi connectivity index (χ2n) is 6.50. The van der Waals surface area contributed by atoms with Crippen LogP contribution in [0.4, 0.5) is 0 Å². The highest BCUT2D eigenvalue weighted by Gasteiger charge is 2.18. The number of carbonyl (C=O) groups is 1. The lowest BCUT2D eigenvalue weighted by Gasteiger charge is -2.22. The summed E-state index contributed by atoms with van der Waals surface area (Å²) >= 11 is 1.64. The summed E-state index contributed by atoms with van der Waals surface area (Å²) in [6, 6.07) is 18.8. The Morgan fingerprint density at radius 1 is 1.07 bits per heavy atom. The van der Waals surface area contributed by atoms with Crippen LogP contribution in [0.5, 0.6) is 5.75 Å². The molecule has 4 aromatic rings. The fourth-order valence-corrected chi connectivity index (χ4v) is 3.57. The van der Waals surface area contributed by atoms with Crippen LogP contribution in [0, 0.1) is 0 Å². The maximum Gasteiger partial charge on any atom is 0.254 e. The van der Waals surface area contributed by atoms with Crippen LogP contribution in [0.15, 0.2) is 89.1 Å². The first-order valence-electron chi connectivity index (χ1n) is 9.24. The van der Waals surface area contributed by atoms with E-state index in [-0.39, 0.29) is 5.91 Å². The molecule has 0 saturated carbocycles. The van der Waals surface area contributed by atoms with E-state index < -0.39 is 0 Å². The van der Waals surface area contributed by atoms with Crippen molar-refractivity contribution >= 4 is 17.2 Å². The molecule has 1 amide bonds. The van der Waals surface area contributed by atoms with Crippen molar-refractivity contribution < 1.29 is 13.9 Å². The molecule has 29 heavy (non-hydrogen) atoms. The summed E-state index contributed by atoms with van der Waals surface area (Å²) in [4.78, 5) is 20.3. The van der Waals surface area contributed by atoms with Crippen molar-refractivity contribution in [3.8, 4) is 5.75 Å². The zero-order valence-electron chi connectivity index (χ0n) is 15.7. The van der Waals surface area contributed by atoms with Crippen molar-refractivity contribution in [1.29, 1.82) is 0 Å². The first-order valence-corrected chi connectivity index (χ1v) is 10.1. The molecule has 0 aliphatic carbocycles. The molecule has 4 rings (SSSR count). The Kier molecular flexibility index (Phi) is 6.02. The van der Waals surface area contributed by atoms with E-state index in [1.54, 1.807) is 47.0 Å². The van der Waals surface area contributed by atoms with E-state index in [1.165, 1.54) is 0 Å². The minimum atomic E-state index is -0.0909. The minimum absolute atomic E-state index is 0.0909. The number of furan rings is 1. The number of rotatable bonds is 8. The van der Waals surface area contributed by atoms with Gasteiger partial charge < -0.3 is 14.1 Å². The number of carbonyl (C=O) groups excluding carboxylic acids is 1. The molecule has 0 atom stereocenters. The van der Waals surface area contributed by atoms with Gasteiger partial charge in [0, 0.05) is 29.4 Å². The molecule has 0 bridgehead atoms. The lowest BCUT2D eigenvalue weighted by molar-refractivity contribution is 0.0717. The normalized spacial score (nSPS) is 10.6. The highest BCUT2D eigenvalue weighted by atomic mass is 32.1. The van der Waals surface area contributed by atoms with E-state index >= 15 is 0 Å². The molecule has 0 fully saturated rings. The van der Waals surface area contributed by atoms with Gasteiger partial charge in [-0.3, -0.25) is 9.78 Å². The van der Waals surface area contributed by atoms with Crippen molar-refractivity contribution in [1.82, 2.24) is 9.88 Å². The van der Waals surface area contributed by atoms with Gasteiger partial charge in [-0.15, -0.1) is 11.3 Å². The van der Waals surface area contributed by atoms with Gasteiger partial charge >= 0.3 is 0 Å². The summed E-state index contributed by atoms with van der Waals surface area (Å²) in [5.41, 5.74) is 1.53. The molecule has 146 valence electrons. The summed E-state index contributed by atoms with van der Waals surface area (Å²) < 4.78 is 11.3. The summed E-state index contributed by atoms with van der Waals surface area (Å²) in [5, 5.41) is 2.02. The van der Waals surface area contributed by atoms with Gasteiger partial charge in [-0.05, 0) is 53.4 Å². The van der Waals surface area contributed by atoms with Crippen LogP contribution >= 0.6 is 11.3 Å². The minimum Gasteiger partial charge on any atom is -0.488 e.